The Balaban J connectivity index is 2.10. The van der Waals surface area contributed by atoms with E-state index in [1.807, 2.05) is 36.4 Å². The van der Waals surface area contributed by atoms with Crippen molar-refractivity contribution < 1.29 is 4.74 Å². The number of nitrogens with zero attached hydrogens (tertiary/aromatic N) is 1. The molecule has 1 N–H and O–H groups in total. The summed E-state index contributed by atoms with van der Waals surface area (Å²) in [6.07, 6.45) is 3.85. The molecule has 2 rings (SSSR count). The third-order valence-corrected chi connectivity index (χ3v) is 3.79. The maximum atomic E-state index is 5.80. The van der Waals surface area contributed by atoms with Crippen LogP contribution in [0, 0.1) is 0 Å². The first-order valence-electron chi connectivity index (χ1n) is 6.74. The molecule has 1 aromatic heterocycles. The lowest BCUT2D eigenvalue weighted by molar-refractivity contribution is 0.460. The Bertz CT molecular complexity index is 542. The molecule has 20 heavy (non-hydrogen) atoms. The van der Waals surface area contributed by atoms with Crippen LogP contribution >= 0.6 is 11.8 Å². The van der Waals surface area contributed by atoms with Crippen molar-refractivity contribution in [3.63, 3.8) is 0 Å². The van der Waals surface area contributed by atoms with Crippen molar-refractivity contribution >= 4 is 11.8 Å². The molecule has 0 aliphatic heterocycles. The van der Waals surface area contributed by atoms with Gasteiger partial charge in [-0.1, -0.05) is 6.92 Å². The maximum absolute atomic E-state index is 5.80. The number of thioether (sulfide) groups is 1. The normalized spacial score (nSPS) is 12.2. The van der Waals surface area contributed by atoms with Gasteiger partial charge in [0.2, 0.25) is 5.88 Å². The first-order chi connectivity index (χ1) is 9.72. The molecule has 1 heterocycles. The summed E-state index contributed by atoms with van der Waals surface area (Å²) in [5, 5.41) is 3.38. The van der Waals surface area contributed by atoms with Crippen molar-refractivity contribution in [3.05, 3.63) is 48.2 Å². The van der Waals surface area contributed by atoms with E-state index in [2.05, 4.69) is 30.4 Å². The smallest absolute Gasteiger partial charge is 0.219 e. The molecule has 0 saturated heterocycles. The average Bonchev–Trinajstić information content (AvgIpc) is 2.48. The van der Waals surface area contributed by atoms with Gasteiger partial charge in [0.05, 0.1) is 0 Å². The highest BCUT2D eigenvalue weighted by Gasteiger charge is 2.06. The van der Waals surface area contributed by atoms with Gasteiger partial charge in [-0.2, -0.15) is 0 Å². The Hall–Kier alpha value is -1.52. The molecule has 1 atom stereocenters. The van der Waals surface area contributed by atoms with E-state index in [-0.39, 0.29) is 0 Å². The Morgan fingerprint density at radius 3 is 2.65 bits per heavy atom. The van der Waals surface area contributed by atoms with Gasteiger partial charge in [-0.25, -0.2) is 4.98 Å². The minimum absolute atomic E-state index is 0.296. The molecule has 0 radical (unpaired) electrons. The molecule has 106 valence electrons. The summed E-state index contributed by atoms with van der Waals surface area (Å²) in [7, 11) is 0. The van der Waals surface area contributed by atoms with E-state index >= 15 is 0 Å². The molecule has 1 unspecified atom stereocenters. The molecule has 4 heteroatoms. The molecule has 0 spiro atoms. The third kappa shape index (κ3) is 3.99. The minimum atomic E-state index is 0.296. The van der Waals surface area contributed by atoms with Gasteiger partial charge in [0, 0.05) is 23.2 Å². The summed E-state index contributed by atoms with van der Waals surface area (Å²) in [5.41, 5.74) is 1.18. The van der Waals surface area contributed by atoms with Crippen molar-refractivity contribution in [3.8, 4) is 11.6 Å². The Kier molecular flexibility index (Phi) is 5.44. The monoisotopic (exact) mass is 288 g/mol. The second-order valence-electron chi connectivity index (χ2n) is 4.48. The second-order valence-corrected chi connectivity index (χ2v) is 5.36. The molecule has 0 saturated carbocycles. The van der Waals surface area contributed by atoms with Crippen LogP contribution in [0.3, 0.4) is 0 Å². The summed E-state index contributed by atoms with van der Waals surface area (Å²) < 4.78 is 5.80. The van der Waals surface area contributed by atoms with Crippen LogP contribution in [0.2, 0.25) is 0 Å². The lowest BCUT2D eigenvalue weighted by atomic mass is 10.1. The van der Waals surface area contributed by atoms with Crippen LogP contribution in [0.1, 0.15) is 25.5 Å². The zero-order valence-electron chi connectivity index (χ0n) is 12.1. The van der Waals surface area contributed by atoms with Gasteiger partial charge >= 0.3 is 0 Å². The van der Waals surface area contributed by atoms with Crippen molar-refractivity contribution in [2.75, 3.05) is 12.8 Å². The summed E-state index contributed by atoms with van der Waals surface area (Å²) in [6, 6.07) is 12.3. The first kappa shape index (κ1) is 14.9. The summed E-state index contributed by atoms with van der Waals surface area (Å²) >= 11 is 1.72. The van der Waals surface area contributed by atoms with Crippen LogP contribution < -0.4 is 10.1 Å². The van der Waals surface area contributed by atoms with E-state index in [0.717, 1.165) is 12.3 Å². The number of ether oxygens (including phenoxy) is 1. The fraction of sp³-hybridized carbons (Fsp3) is 0.312. The van der Waals surface area contributed by atoms with Crippen LogP contribution in [-0.4, -0.2) is 17.8 Å². The highest BCUT2D eigenvalue weighted by Crippen LogP contribution is 2.24. The van der Waals surface area contributed by atoms with Crippen molar-refractivity contribution in [2.45, 2.75) is 24.8 Å². The average molecular weight is 288 g/mol. The van der Waals surface area contributed by atoms with E-state index in [4.69, 9.17) is 4.74 Å². The molecule has 0 aliphatic rings. The number of nitrogens with one attached hydrogen (secondary N) is 1. The lowest BCUT2D eigenvalue weighted by Gasteiger charge is -2.13. The standard InChI is InChI=1S/C16H20N2OS/c1-4-17-12(2)13-9-10-18-16(11-13)19-14-5-7-15(20-3)8-6-14/h5-12,17H,4H2,1-3H3. The molecule has 0 amide bonds. The lowest BCUT2D eigenvalue weighted by Crippen LogP contribution is -2.17. The van der Waals surface area contributed by atoms with Crippen LogP contribution in [-0.2, 0) is 0 Å². The Morgan fingerprint density at radius 2 is 2.00 bits per heavy atom. The van der Waals surface area contributed by atoms with Crippen molar-refractivity contribution in [1.82, 2.24) is 10.3 Å². The van der Waals surface area contributed by atoms with Crippen LogP contribution in [0.15, 0.2) is 47.5 Å². The van der Waals surface area contributed by atoms with E-state index in [0.29, 0.717) is 11.9 Å². The Morgan fingerprint density at radius 1 is 1.25 bits per heavy atom. The van der Waals surface area contributed by atoms with E-state index < -0.39 is 0 Å². The zero-order chi connectivity index (χ0) is 14.4. The maximum Gasteiger partial charge on any atom is 0.219 e. The van der Waals surface area contributed by atoms with Gasteiger partial charge in [0.25, 0.3) is 0 Å². The second kappa shape index (κ2) is 7.31. The summed E-state index contributed by atoms with van der Waals surface area (Å²) in [5.74, 6) is 1.44. The van der Waals surface area contributed by atoms with Crippen LogP contribution in [0.4, 0.5) is 0 Å². The number of benzene rings is 1. The minimum Gasteiger partial charge on any atom is -0.439 e. The van der Waals surface area contributed by atoms with E-state index in [1.54, 1.807) is 18.0 Å². The summed E-state index contributed by atoms with van der Waals surface area (Å²) in [6.45, 7) is 5.17. The highest BCUT2D eigenvalue weighted by molar-refractivity contribution is 7.98. The fourth-order valence-electron chi connectivity index (χ4n) is 1.94. The molecule has 1 aromatic carbocycles. The highest BCUT2D eigenvalue weighted by atomic mass is 32.2. The number of pyridine rings is 1. The van der Waals surface area contributed by atoms with Crippen LogP contribution in [0.25, 0.3) is 0 Å². The third-order valence-electron chi connectivity index (χ3n) is 3.05. The molecule has 3 nitrogen and oxygen atoms in total. The number of hydrogen-bond donors (Lipinski definition) is 1. The number of rotatable bonds is 6. The molecule has 0 fully saturated rings. The SMILES string of the molecule is CCNC(C)c1ccnc(Oc2ccc(SC)cc2)c1. The Labute approximate surface area is 124 Å². The summed E-state index contributed by atoms with van der Waals surface area (Å²) in [4.78, 5) is 5.49. The molecular formula is C16H20N2OS. The topological polar surface area (TPSA) is 34.2 Å². The number of hydrogen-bond acceptors (Lipinski definition) is 4. The van der Waals surface area contributed by atoms with Crippen molar-refractivity contribution in [1.29, 1.82) is 0 Å². The molecule has 2 aromatic rings. The van der Waals surface area contributed by atoms with Gasteiger partial charge in [-0.15, -0.1) is 11.8 Å². The van der Waals surface area contributed by atoms with Crippen LogP contribution in [0.5, 0.6) is 11.6 Å². The van der Waals surface area contributed by atoms with Gasteiger partial charge in [0.1, 0.15) is 5.75 Å². The van der Waals surface area contributed by atoms with Gasteiger partial charge < -0.3 is 10.1 Å². The van der Waals surface area contributed by atoms with E-state index in [9.17, 15) is 0 Å². The largest absolute Gasteiger partial charge is 0.439 e. The van der Waals surface area contributed by atoms with Gasteiger partial charge in [-0.3, -0.25) is 0 Å². The predicted molar refractivity (Wildman–Crippen MR) is 84.6 cm³/mol. The molecule has 0 aliphatic carbocycles. The molecular weight excluding hydrogens is 268 g/mol. The van der Waals surface area contributed by atoms with Gasteiger partial charge in [0.15, 0.2) is 0 Å². The number of aromatic nitrogens is 1. The first-order valence-corrected chi connectivity index (χ1v) is 7.96. The quantitative estimate of drug-likeness (QED) is 0.805. The predicted octanol–water partition coefficient (Wildman–Crippen LogP) is 4.27. The van der Waals surface area contributed by atoms with Gasteiger partial charge in [-0.05, 0) is 55.6 Å². The fourth-order valence-corrected chi connectivity index (χ4v) is 2.35. The zero-order valence-corrected chi connectivity index (χ0v) is 12.9. The van der Waals surface area contributed by atoms with E-state index in [1.165, 1.54) is 10.5 Å². The molecule has 0 bridgehead atoms. The van der Waals surface area contributed by atoms with Crippen molar-refractivity contribution in [2.24, 2.45) is 0 Å².